The van der Waals surface area contributed by atoms with Crippen molar-refractivity contribution in [2.75, 3.05) is 82.8 Å². The van der Waals surface area contributed by atoms with Crippen molar-refractivity contribution in [1.82, 2.24) is 0 Å². The van der Waals surface area contributed by atoms with Gasteiger partial charge in [-0.25, -0.2) is 0 Å². The first-order valence-electron chi connectivity index (χ1n) is 29.7. The van der Waals surface area contributed by atoms with Crippen LogP contribution in [0.25, 0.3) is 0 Å². The maximum Gasteiger partial charge on any atom is 0.154 e. The summed E-state index contributed by atoms with van der Waals surface area (Å²) in [5.74, 6) is 9.29. The van der Waals surface area contributed by atoms with Gasteiger partial charge in [-0.2, -0.15) is 0 Å². The van der Waals surface area contributed by atoms with Gasteiger partial charge in [0, 0.05) is 69.6 Å². The molecule has 12 heteroatoms. The highest BCUT2D eigenvalue weighted by Crippen LogP contribution is 2.37. The van der Waals surface area contributed by atoms with Gasteiger partial charge in [-0.15, -0.1) is 0 Å². The fraction of sp³-hybridized carbons (Fsp3) is 1.00. The van der Waals surface area contributed by atoms with E-state index in [9.17, 15) is 0 Å². The van der Waals surface area contributed by atoms with Crippen molar-refractivity contribution < 1.29 is 56.8 Å². The van der Waals surface area contributed by atoms with Crippen LogP contribution in [0.4, 0.5) is 0 Å². The summed E-state index contributed by atoms with van der Waals surface area (Å²) in [7, 11) is 12.0. The first-order chi connectivity index (χ1) is 34.9. The first kappa shape index (κ1) is 70.5. The number of hydrogen-bond acceptors (Lipinski definition) is 12. The van der Waals surface area contributed by atoms with Crippen LogP contribution in [0.3, 0.4) is 0 Å². The van der Waals surface area contributed by atoms with Crippen LogP contribution in [0.2, 0.25) is 0 Å². The summed E-state index contributed by atoms with van der Waals surface area (Å²) in [6.45, 7) is 28.1. The molecule has 5 aliphatic carbocycles. The van der Waals surface area contributed by atoms with Crippen molar-refractivity contribution in [2.24, 2.45) is 65.1 Å². The smallest absolute Gasteiger partial charge is 0.154 e. The molecule has 14 unspecified atom stereocenters. The fourth-order valence-electron chi connectivity index (χ4n) is 11.5. The Morgan fingerprint density at radius 1 is 0.315 bits per heavy atom. The van der Waals surface area contributed by atoms with E-state index in [-0.39, 0.29) is 31.5 Å². The third-order valence-electron chi connectivity index (χ3n) is 17.4. The van der Waals surface area contributed by atoms with Crippen LogP contribution in [-0.4, -0.2) is 126 Å². The van der Waals surface area contributed by atoms with Crippen molar-refractivity contribution in [3.63, 3.8) is 0 Å². The van der Waals surface area contributed by atoms with Crippen molar-refractivity contribution in [2.45, 2.75) is 248 Å². The zero-order chi connectivity index (χ0) is 54.6. The summed E-state index contributed by atoms with van der Waals surface area (Å²) in [5, 5.41) is 0. The van der Waals surface area contributed by atoms with Gasteiger partial charge in [-0.05, 0) is 209 Å². The Hall–Kier alpha value is -0.480. The summed E-state index contributed by atoms with van der Waals surface area (Å²) in [4.78, 5) is 0. The van der Waals surface area contributed by atoms with Crippen LogP contribution in [0.5, 0.6) is 0 Å². The minimum atomic E-state index is -0.0739. The van der Waals surface area contributed by atoms with Crippen LogP contribution in [0.1, 0.15) is 205 Å². The number of methoxy groups -OCH3 is 7. The maximum atomic E-state index is 5.61. The molecule has 0 spiro atoms. The highest BCUT2D eigenvalue weighted by Gasteiger charge is 2.28. The van der Waals surface area contributed by atoms with E-state index in [0.717, 1.165) is 98.6 Å². The highest BCUT2D eigenvalue weighted by atomic mass is 16.7. The van der Waals surface area contributed by atoms with Crippen molar-refractivity contribution in [3.8, 4) is 0 Å². The average molecular weight is 1050 g/mol. The standard InChI is InChI=1S/2C13H26O2.C12H24O3.C12H24O2.C11H22O3/c2*1-10-5-6-13(11(2)9-10)7-8-15-12(3)14-4;1-10(13-2)15-9-8-11-4-6-12(14-3)7-5-11;1-9-5-6-12(10(2)7-9)8-14-11(3)13-4;1-9(12-2)14-8-10-4-6-11(13-3)7-5-10/h2*10-13H,5-9H2,1-4H3;10-12H,4-9H2,1-3H3;9-12H,5-8H2,1-4H3;9-11H,4-8H2,1-3H3. The largest absolute Gasteiger partial charge is 0.381 e. The predicted octanol–water partition coefficient (Wildman–Crippen LogP) is 14.8. The van der Waals surface area contributed by atoms with Crippen LogP contribution in [0.15, 0.2) is 0 Å². The van der Waals surface area contributed by atoms with Crippen LogP contribution in [0, 0.1) is 65.1 Å². The topological polar surface area (TPSA) is 111 Å². The number of ether oxygens (including phenoxy) is 12. The molecule has 5 saturated carbocycles. The van der Waals surface area contributed by atoms with Gasteiger partial charge in [-0.1, -0.05) is 60.8 Å². The van der Waals surface area contributed by atoms with Crippen molar-refractivity contribution in [1.29, 1.82) is 0 Å². The number of rotatable bonds is 25. The SMILES string of the molecule is COC(C)OCC1CCC(C)CC1C.COC(C)OCCC1CCC(C)CC1C.COC(C)OCCC1CCC(C)CC1C.COC1CCC(CCOC(C)OC)CC1.COC1CCC(COC(C)OC)CC1. The Kier molecular flexibility index (Phi) is 41.9. The summed E-state index contributed by atoms with van der Waals surface area (Å²) < 4.78 is 63.7. The molecule has 12 nitrogen and oxygen atoms in total. The predicted molar refractivity (Wildman–Crippen MR) is 298 cm³/mol. The molecule has 0 aromatic heterocycles. The Morgan fingerprint density at radius 3 is 0.945 bits per heavy atom. The molecule has 0 N–H and O–H groups in total. The number of hydrogen-bond donors (Lipinski definition) is 0. The van der Waals surface area contributed by atoms with E-state index in [1.54, 1.807) is 42.7 Å². The molecule has 0 heterocycles. The van der Waals surface area contributed by atoms with E-state index >= 15 is 0 Å². The van der Waals surface area contributed by atoms with Crippen molar-refractivity contribution >= 4 is 0 Å². The van der Waals surface area contributed by atoms with Gasteiger partial charge in [-0.3, -0.25) is 0 Å². The summed E-state index contributed by atoms with van der Waals surface area (Å²) in [5.41, 5.74) is 0. The van der Waals surface area contributed by atoms with E-state index in [1.165, 1.54) is 122 Å². The van der Waals surface area contributed by atoms with E-state index < -0.39 is 0 Å². The zero-order valence-electron chi connectivity index (χ0n) is 51.0. The Bertz CT molecular complexity index is 1180. The minimum Gasteiger partial charge on any atom is -0.381 e. The lowest BCUT2D eigenvalue weighted by molar-refractivity contribution is -0.127. The highest BCUT2D eigenvalue weighted by molar-refractivity contribution is 4.78. The Labute approximate surface area is 451 Å². The lowest BCUT2D eigenvalue weighted by Crippen LogP contribution is -2.27. The van der Waals surface area contributed by atoms with E-state index in [1.807, 2.05) is 41.7 Å². The second-order valence-corrected chi connectivity index (χ2v) is 23.4. The molecular formula is C61H122O12. The summed E-state index contributed by atoms with van der Waals surface area (Å²) >= 11 is 0. The molecule has 0 amide bonds. The quantitative estimate of drug-likeness (QED) is 0.0812. The minimum absolute atomic E-state index is 0.0529. The van der Waals surface area contributed by atoms with Gasteiger partial charge in [0.15, 0.2) is 31.5 Å². The zero-order valence-corrected chi connectivity index (χ0v) is 51.0. The molecule has 5 aliphatic rings. The molecule has 5 fully saturated rings. The molecule has 14 atom stereocenters. The normalized spacial score (nSPS) is 32.5. The van der Waals surface area contributed by atoms with Gasteiger partial charge in [0.05, 0.1) is 25.4 Å². The average Bonchev–Trinajstić information content (AvgIpc) is 3.39. The Morgan fingerprint density at radius 2 is 0.616 bits per heavy atom. The Balaban J connectivity index is 0.000000456. The molecule has 0 aliphatic heterocycles. The first-order valence-corrected chi connectivity index (χ1v) is 29.7. The fourth-order valence-corrected chi connectivity index (χ4v) is 11.5. The molecule has 0 aromatic rings. The van der Waals surface area contributed by atoms with Crippen molar-refractivity contribution in [3.05, 3.63) is 0 Å². The molecule has 5 rings (SSSR count). The molecule has 438 valence electrons. The third-order valence-corrected chi connectivity index (χ3v) is 17.4. The molecule has 0 radical (unpaired) electrons. The summed E-state index contributed by atoms with van der Waals surface area (Å²) in [6, 6.07) is 0. The molecule has 0 aromatic carbocycles. The molecule has 73 heavy (non-hydrogen) atoms. The maximum absolute atomic E-state index is 5.61. The lowest BCUT2D eigenvalue weighted by atomic mass is 9.74. The van der Waals surface area contributed by atoms with E-state index in [4.69, 9.17) is 56.8 Å². The van der Waals surface area contributed by atoms with E-state index in [2.05, 4.69) is 41.5 Å². The van der Waals surface area contributed by atoms with Gasteiger partial charge in [0.2, 0.25) is 0 Å². The van der Waals surface area contributed by atoms with Gasteiger partial charge in [0.25, 0.3) is 0 Å². The van der Waals surface area contributed by atoms with Crippen LogP contribution < -0.4 is 0 Å². The van der Waals surface area contributed by atoms with Gasteiger partial charge >= 0.3 is 0 Å². The van der Waals surface area contributed by atoms with E-state index in [0.29, 0.717) is 18.1 Å². The summed E-state index contributed by atoms with van der Waals surface area (Å²) in [6.07, 6.45) is 26.4. The monoisotopic (exact) mass is 1050 g/mol. The second-order valence-electron chi connectivity index (χ2n) is 23.4. The van der Waals surface area contributed by atoms with Crippen LogP contribution >= 0.6 is 0 Å². The molecule has 0 saturated heterocycles. The van der Waals surface area contributed by atoms with Gasteiger partial charge < -0.3 is 56.8 Å². The third kappa shape index (κ3) is 34.2. The molecular weight excluding hydrogens is 925 g/mol. The lowest BCUT2D eigenvalue weighted by Gasteiger charge is -2.32. The molecule has 0 bridgehead atoms. The second kappa shape index (κ2) is 43.4. The van der Waals surface area contributed by atoms with Crippen LogP contribution in [-0.2, 0) is 56.8 Å². The van der Waals surface area contributed by atoms with Gasteiger partial charge in [0.1, 0.15) is 0 Å².